The molecule has 3 rings (SSSR count). The Labute approximate surface area is 143 Å². The quantitative estimate of drug-likeness (QED) is 0.820. The molecule has 0 radical (unpaired) electrons. The monoisotopic (exact) mass is 327 g/mol. The fourth-order valence-corrected chi connectivity index (χ4v) is 3.32. The Hall–Kier alpha value is -2.30. The summed E-state index contributed by atoms with van der Waals surface area (Å²) in [6, 6.07) is 10.1. The van der Waals surface area contributed by atoms with E-state index in [1.807, 2.05) is 29.3 Å². The fraction of sp³-hybridized carbons (Fsp3) is 0.474. The third-order valence-corrected chi connectivity index (χ3v) is 4.73. The van der Waals surface area contributed by atoms with Crippen LogP contribution < -0.4 is 4.74 Å². The van der Waals surface area contributed by atoms with E-state index in [4.69, 9.17) is 4.74 Å². The summed E-state index contributed by atoms with van der Waals surface area (Å²) in [5.74, 6) is 1.65. The molecule has 0 N–H and O–H groups in total. The van der Waals surface area contributed by atoms with Crippen LogP contribution >= 0.6 is 0 Å². The minimum absolute atomic E-state index is 0.174. The molecule has 0 spiro atoms. The van der Waals surface area contributed by atoms with Crippen molar-refractivity contribution in [3.8, 4) is 5.75 Å². The number of aryl methyl sites for hydroxylation is 1. The lowest BCUT2D eigenvalue weighted by molar-refractivity contribution is -0.133. The molecule has 0 unspecified atom stereocenters. The van der Waals surface area contributed by atoms with Crippen LogP contribution in [-0.4, -0.2) is 40.8 Å². The van der Waals surface area contributed by atoms with Crippen molar-refractivity contribution in [2.45, 2.75) is 32.2 Å². The Kier molecular flexibility index (Phi) is 5.51. The van der Waals surface area contributed by atoms with E-state index in [2.05, 4.69) is 17.2 Å². The van der Waals surface area contributed by atoms with Crippen LogP contribution in [0.1, 0.15) is 24.8 Å². The van der Waals surface area contributed by atoms with Crippen molar-refractivity contribution in [1.29, 1.82) is 0 Å². The molecule has 0 saturated carbocycles. The largest absolute Gasteiger partial charge is 0.497 e. The number of methoxy groups -OCH3 is 1. The first-order valence-corrected chi connectivity index (χ1v) is 8.63. The molecule has 1 saturated heterocycles. The highest BCUT2D eigenvalue weighted by atomic mass is 16.5. The molecule has 1 aliphatic rings. The molecular weight excluding hydrogens is 302 g/mol. The molecule has 24 heavy (non-hydrogen) atoms. The summed E-state index contributed by atoms with van der Waals surface area (Å²) < 4.78 is 6.89. The van der Waals surface area contributed by atoms with Gasteiger partial charge in [0.15, 0.2) is 0 Å². The van der Waals surface area contributed by atoms with Gasteiger partial charge in [-0.15, -0.1) is 0 Å². The van der Waals surface area contributed by atoms with Gasteiger partial charge in [0.1, 0.15) is 12.3 Å². The summed E-state index contributed by atoms with van der Waals surface area (Å²) in [5, 5.41) is 4.12. The first-order valence-electron chi connectivity index (χ1n) is 8.63. The number of carbonyl (C=O) groups is 1. The lowest BCUT2D eigenvalue weighted by atomic mass is 9.91. The molecule has 2 aromatic rings. The molecule has 128 valence electrons. The number of nitrogens with zero attached hydrogens (tertiary/aromatic N) is 3. The number of ether oxygens (including phenoxy) is 1. The number of benzene rings is 1. The zero-order valence-corrected chi connectivity index (χ0v) is 14.2. The van der Waals surface area contributed by atoms with E-state index in [-0.39, 0.29) is 5.91 Å². The maximum atomic E-state index is 12.4. The van der Waals surface area contributed by atoms with Crippen molar-refractivity contribution >= 4 is 5.91 Å². The molecule has 1 aromatic heterocycles. The molecule has 2 heterocycles. The molecule has 1 aromatic carbocycles. The molecule has 1 fully saturated rings. The average Bonchev–Trinajstić information content (AvgIpc) is 3.13. The summed E-state index contributed by atoms with van der Waals surface area (Å²) in [4.78, 5) is 14.4. The molecule has 5 nitrogen and oxygen atoms in total. The summed E-state index contributed by atoms with van der Waals surface area (Å²) in [7, 11) is 1.69. The van der Waals surface area contributed by atoms with Gasteiger partial charge in [-0.25, -0.2) is 0 Å². The van der Waals surface area contributed by atoms with Crippen LogP contribution in [0.3, 0.4) is 0 Å². The fourth-order valence-electron chi connectivity index (χ4n) is 3.32. The molecule has 1 atom stereocenters. The molecule has 0 aliphatic carbocycles. The number of likely N-dealkylation sites (tertiary alicyclic amines) is 1. The third kappa shape index (κ3) is 4.37. The van der Waals surface area contributed by atoms with E-state index in [9.17, 15) is 4.79 Å². The van der Waals surface area contributed by atoms with Gasteiger partial charge in [-0.05, 0) is 55.4 Å². The van der Waals surface area contributed by atoms with Crippen molar-refractivity contribution in [2.75, 3.05) is 20.2 Å². The van der Waals surface area contributed by atoms with Gasteiger partial charge in [0.2, 0.25) is 5.91 Å². The van der Waals surface area contributed by atoms with Gasteiger partial charge in [0.05, 0.1) is 7.11 Å². The van der Waals surface area contributed by atoms with Crippen LogP contribution in [0.5, 0.6) is 5.75 Å². The van der Waals surface area contributed by atoms with Gasteiger partial charge in [0, 0.05) is 25.5 Å². The number of aromatic nitrogens is 2. The predicted molar refractivity (Wildman–Crippen MR) is 92.8 cm³/mol. The Balaban J connectivity index is 1.48. The maximum absolute atomic E-state index is 12.4. The van der Waals surface area contributed by atoms with Crippen LogP contribution in [-0.2, 0) is 17.8 Å². The Bertz CT molecular complexity index is 637. The average molecular weight is 327 g/mol. The second-order valence-corrected chi connectivity index (χ2v) is 6.44. The topological polar surface area (TPSA) is 47.4 Å². The smallest absolute Gasteiger partial charge is 0.244 e. The minimum Gasteiger partial charge on any atom is -0.497 e. The zero-order chi connectivity index (χ0) is 16.8. The number of carbonyl (C=O) groups excluding carboxylic acids is 1. The van der Waals surface area contributed by atoms with Gasteiger partial charge >= 0.3 is 0 Å². The van der Waals surface area contributed by atoms with E-state index in [0.29, 0.717) is 12.5 Å². The highest BCUT2D eigenvalue weighted by Gasteiger charge is 2.23. The number of piperidine rings is 1. The standard InChI is InChI=1S/C19H25N3O2/c1-24-18-9-7-16(8-10-18)5-6-17-4-2-12-21(14-17)19(23)15-22-13-3-11-20-22/h3,7-11,13,17H,2,4-6,12,14-15H2,1H3/t17-/m1/s1. The molecule has 0 bridgehead atoms. The number of rotatable bonds is 6. The van der Waals surface area contributed by atoms with Gasteiger partial charge < -0.3 is 9.64 Å². The van der Waals surface area contributed by atoms with Crippen molar-refractivity contribution < 1.29 is 9.53 Å². The van der Waals surface area contributed by atoms with Crippen molar-refractivity contribution in [2.24, 2.45) is 5.92 Å². The number of amides is 1. The normalized spacial score (nSPS) is 17.7. The lowest BCUT2D eigenvalue weighted by Crippen LogP contribution is -2.41. The number of hydrogen-bond donors (Lipinski definition) is 0. The van der Waals surface area contributed by atoms with Gasteiger partial charge in [-0.3, -0.25) is 9.48 Å². The first kappa shape index (κ1) is 16.6. The Morgan fingerprint density at radius 3 is 2.88 bits per heavy atom. The Morgan fingerprint density at radius 1 is 1.33 bits per heavy atom. The molecular formula is C19H25N3O2. The van der Waals surface area contributed by atoms with E-state index in [0.717, 1.165) is 38.1 Å². The second kappa shape index (κ2) is 7.99. The van der Waals surface area contributed by atoms with Crippen molar-refractivity contribution in [1.82, 2.24) is 14.7 Å². The van der Waals surface area contributed by atoms with Crippen LogP contribution in [0.2, 0.25) is 0 Å². The zero-order valence-electron chi connectivity index (χ0n) is 14.2. The minimum atomic E-state index is 0.174. The van der Waals surface area contributed by atoms with E-state index >= 15 is 0 Å². The Morgan fingerprint density at radius 2 is 2.17 bits per heavy atom. The van der Waals surface area contributed by atoms with Crippen LogP contribution in [0.25, 0.3) is 0 Å². The van der Waals surface area contributed by atoms with Gasteiger partial charge in [0.25, 0.3) is 0 Å². The third-order valence-electron chi connectivity index (χ3n) is 4.73. The summed E-state index contributed by atoms with van der Waals surface area (Å²) in [6.07, 6.45) is 8.03. The van der Waals surface area contributed by atoms with Gasteiger partial charge in [-0.2, -0.15) is 5.10 Å². The van der Waals surface area contributed by atoms with Crippen molar-refractivity contribution in [3.05, 3.63) is 48.3 Å². The molecule has 1 aliphatic heterocycles. The lowest BCUT2D eigenvalue weighted by Gasteiger charge is -2.33. The van der Waals surface area contributed by atoms with Crippen LogP contribution in [0.15, 0.2) is 42.7 Å². The van der Waals surface area contributed by atoms with Crippen LogP contribution in [0.4, 0.5) is 0 Å². The second-order valence-electron chi connectivity index (χ2n) is 6.44. The highest BCUT2D eigenvalue weighted by Crippen LogP contribution is 2.22. The van der Waals surface area contributed by atoms with Crippen molar-refractivity contribution in [3.63, 3.8) is 0 Å². The number of hydrogen-bond acceptors (Lipinski definition) is 3. The predicted octanol–water partition coefficient (Wildman–Crippen LogP) is 2.76. The maximum Gasteiger partial charge on any atom is 0.244 e. The SMILES string of the molecule is COc1ccc(CC[C@H]2CCCN(C(=O)Cn3cccn3)C2)cc1. The molecule has 1 amide bonds. The van der Waals surface area contributed by atoms with E-state index in [1.54, 1.807) is 18.0 Å². The summed E-state index contributed by atoms with van der Waals surface area (Å²) in [5.41, 5.74) is 1.33. The summed E-state index contributed by atoms with van der Waals surface area (Å²) in [6.45, 7) is 2.09. The highest BCUT2D eigenvalue weighted by molar-refractivity contribution is 5.76. The van der Waals surface area contributed by atoms with Gasteiger partial charge in [-0.1, -0.05) is 12.1 Å². The molecule has 5 heteroatoms. The first-order chi connectivity index (χ1) is 11.7. The van der Waals surface area contributed by atoms with Crippen LogP contribution in [0, 0.1) is 5.92 Å². The van der Waals surface area contributed by atoms with E-state index in [1.165, 1.54) is 12.0 Å². The summed E-state index contributed by atoms with van der Waals surface area (Å²) >= 11 is 0. The van der Waals surface area contributed by atoms with E-state index < -0.39 is 0 Å².